The number of aromatic nitrogens is 1. The second-order valence-corrected chi connectivity index (χ2v) is 5.21. The van der Waals surface area contributed by atoms with Gasteiger partial charge in [-0.05, 0) is 13.3 Å². The van der Waals surface area contributed by atoms with E-state index in [0.717, 1.165) is 6.42 Å². The van der Waals surface area contributed by atoms with Gasteiger partial charge in [0.2, 0.25) is 0 Å². The summed E-state index contributed by atoms with van der Waals surface area (Å²) in [7, 11) is 1.62. The number of aryl methyl sites for hydroxylation is 1. The number of nitrogens with zero attached hydrogens (tertiary/aromatic N) is 1. The zero-order chi connectivity index (χ0) is 13.1. The van der Waals surface area contributed by atoms with Crippen LogP contribution in [0, 0.1) is 6.92 Å². The molecule has 1 fully saturated rings. The topological polar surface area (TPSA) is 86.5 Å². The molecule has 0 radical (unpaired) electrons. The summed E-state index contributed by atoms with van der Waals surface area (Å²) in [6.45, 7) is 2.92. The van der Waals surface area contributed by atoms with E-state index in [1.165, 1.54) is 11.3 Å². The lowest BCUT2D eigenvalue weighted by Crippen LogP contribution is -2.49. The van der Waals surface area contributed by atoms with Crippen LogP contribution < -0.4 is 11.1 Å². The standard InChI is InChI=1S/C11H17N3O3S/c1-6-9(18-11(12)13-6)10(15)14-7-3-4-17-5-8(7)16-2/h7-8H,3-5H2,1-2H3,(H2,12,13)(H,14,15)/t7-,8-/m1/s1. The van der Waals surface area contributed by atoms with Gasteiger partial charge in [-0.1, -0.05) is 11.3 Å². The van der Waals surface area contributed by atoms with Gasteiger partial charge < -0.3 is 20.5 Å². The van der Waals surface area contributed by atoms with E-state index in [2.05, 4.69) is 10.3 Å². The summed E-state index contributed by atoms with van der Waals surface area (Å²) in [5, 5.41) is 3.37. The highest BCUT2D eigenvalue weighted by Crippen LogP contribution is 2.20. The fourth-order valence-corrected chi connectivity index (χ4v) is 2.71. The number of hydrogen-bond donors (Lipinski definition) is 2. The highest BCUT2D eigenvalue weighted by molar-refractivity contribution is 7.17. The van der Waals surface area contributed by atoms with E-state index in [0.29, 0.717) is 28.9 Å². The van der Waals surface area contributed by atoms with Crippen LogP contribution in [-0.2, 0) is 9.47 Å². The van der Waals surface area contributed by atoms with E-state index in [-0.39, 0.29) is 18.1 Å². The van der Waals surface area contributed by atoms with Gasteiger partial charge in [0.15, 0.2) is 5.13 Å². The van der Waals surface area contributed by atoms with Gasteiger partial charge >= 0.3 is 0 Å². The van der Waals surface area contributed by atoms with Crippen LogP contribution in [-0.4, -0.2) is 43.4 Å². The number of nitrogen functional groups attached to an aromatic ring is 1. The number of ether oxygens (including phenoxy) is 2. The largest absolute Gasteiger partial charge is 0.379 e. The second-order valence-electron chi connectivity index (χ2n) is 4.18. The summed E-state index contributed by atoms with van der Waals surface area (Å²) in [6, 6.07) is -0.0287. The highest BCUT2D eigenvalue weighted by Gasteiger charge is 2.28. The molecule has 1 saturated heterocycles. The molecule has 0 aromatic carbocycles. The third-order valence-corrected chi connectivity index (χ3v) is 3.93. The van der Waals surface area contributed by atoms with Crippen LogP contribution in [0.15, 0.2) is 0 Å². The Balaban J connectivity index is 2.04. The molecular formula is C11H17N3O3S. The van der Waals surface area contributed by atoms with Crippen molar-refractivity contribution in [3.05, 3.63) is 10.6 Å². The average Bonchev–Trinajstić information content (AvgIpc) is 2.69. The number of nitrogens with two attached hydrogens (primary N) is 1. The maximum atomic E-state index is 12.1. The number of thiazole rings is 1. The molecule has 0 aliphatic carbocycles. The van der Waals surface area contributed by atoms with Crippen molar-refractivity contribution in [1.82, 2.24) is 10.3 Å². The number of carbonyl (C=O) groups is 1. The van der Waals surface area contributed by atoms with Crippen molar-refractivity contribution in [2.45, 2.75) is 25.5 Å². The molecule has 18 heavy (non-hydrogen) atoms. The van der Waals surface area contributed by atoms with E-state index < -0.39 is 0 Å². The molecule has 0 saturated carbocycles. The third kappa shape index (κ3) is 2.80. The lowest BCUT2D eigenvalue weighted by atomic mass is 10.1. The fraction of sp³-hybridized carbons (Fsp3) is 0.636. The maximum absolute atomic E-state index is 12.1. The number of methoxy groups -OCH3 is 1. The number of anilines is 1. The Labute approximate surface area is 109 Å². The van der Waals surface area contributed by atoms with Crippen molar-refractivity contribution in [1.29, 1.82) is 0 Å². The van der Waals surface area contributed by atoms with E-state index in [9.17, 15) is 4.79 Å². The molecule has 2 rings (SSSR count). The van der Waals surface area contributed by atoms with Crippen LogP contribution in [0.3, 0.4) is 0 Å². The Bertz CT molecular complexity index is 435. The number of nitrogens with one attached hydrogen (secondary N) is 1. The van der Waals surface area contributed by atoms with E-state index in [4.69, 9.17) is 15.2 Å². The molecule has 3 N–H and O–H groups in total. The third-order valence-electron chi connectivity index (χ3n) is 2.94. The molecule has 2 atom stereocenters. The number of carbonyl (C=O) groups excluding carboxylic acids is 1. The van der Waals surface area contributed by atoms with Crippen molar-refractivity contribution < 1.29 is 14.3 Å². The van der Waals surface area contributed by atoms with Gasteiger partial charge in [0.05, 0.1) is 18.3 Å². The summed E-state index contributed by atoms with van der Waals surface area (Å²) in [5.74, 6) is -0.143. The Kier molecular flexibility index (Phi) is 4.15. The number of hydrogen-bond acceptors (Lipinski definition) is 6. The molecule has 0 bridgehead atoms. The van der Waals surface area contributed by atoms with Crippen LogP contribution in [0.1, 0.15) is 21.8 Å². The Morgan fingerprint density at radius 1 is 1.67 bits per heavy atom. The van der Waals surface area contributed by atoms with Crippen molar-refractivity contribution >= 4 is 22.4 Å². The normalized spacial score (nSPS) is 23.9. The molecule has 1 aliphatic heterocycles. The average molecular weight is 271 g/mol. The lowest BCUT2D eigenvalue weighted by Gasteiger charge is -2.30. The summed E-state index contributed by atoms with van der Waals surface area (Å²) < 4.78 is 10.6. The molecule has 6 nitrogen and oxygen atoms in total. The summed E-state index contributed by atoms with van der Waals surface area (Å²) in [4.78, 5) is 16.7. The monoisotopic (exact) mass is 271 g/mol. The van der Waals surface area contributed by atoms with Gasteiger partial charge in [0.25, 0.3) is 5.91 Å². The zero-order valence-corrected chi connectivity index (χ0v) is 11.3. The molecule has 0 unspecified atom stereocenters. The second kappa shape index (κ2) is 5.64. The van der Waals surface area contributed by atoms with Crippen molar-refractivity contribution in [2.24, 2.45) is 0 Å². The van der Waals surface area contributed by atoms with Gasteiger partial charge in [0, 0.05) is 13.7 Å². The SMILES string of the molecule is CO[C@@H]1COCC[C@H]1NC(=O)c1sc(N)nc1C. The minimum Gasteiger partial charge on any atom is -0.379 e. The Morgan fingerprint density at radius 2 is 2.44 bits per heavy atom. The van der Waals surface area contributed by atoms with E-state index in [1.54, 1.807) is 14.0 Å². The van der Waals surface area contributed by atoms with E-state index >= 15 is 0 Å². The molecule has 0 spiro atoms. The molecule has 1 aliphatic rings. The minimum absolute atomic E-state index is 0.0287. The van der Waals surface area contributed by atoms with Crippen molar-refractivity contribution in [3.8, 4) is 0 Å². The first kappa shape index (κ1) is 13.3. The first-order valence-corrected chi connectivity index (χ1v) is 6.57. The van der Waals surface area contributed by atoms with Crippen molar-refractivity contribution in [2.75, 3.05) is 26.1 Å². The van der Waals surface area contributed by atoms with Gasteiger partial charge in [-0.3, -0.25) is 4.79 Å². The van der Waals surface area contributed by atoms with Gasteiger partial charge in [-0.25, -0.2) is 4.98 Å². The zero-order valence-electron chi connectivity index (χ0n) is 10.4. The molecule has 2 heterocycles. The maximum Gasteiger partial charge on any atom is 0.263 e. The first-order valence-electron chi connectivity index (χ1n) is 5.76. The summed E-state index contributed by atoms with van der Waals surface area (Å²) in [5.41, 5.74) is 6.25. The molecule has 100 valence electrons. The van der Waals surface area contributed by atoms with Crippen LogP contribution in [0.25, 0.3) is 0 Å². The lowest BCUT2D eigenvalue weighted by molar-refractivity contribution is -0.0478. The minimum atomic E-state index is -0.143. The highest BCUT2D eigenvalue weighted by atomic mass is 32.1. The summed E-state index contributed by atoms with van der Waals surface area (Å²) >= 11 is 1.20. The summed E-state index contributed by atoms with van der Waals surface area (Å²) in [6.07, 6.45) is 0.644. The quantitative estimate of drug-likeness (QED) is 0.839. The molecule has 1 aromatic rings. The van der Waals surface area contributed by atoms with Gasteiger partial charge in [0.1, 0.15) is 11.0 Å². The number of amides is 1. The van der Waals surface area contributed by atoms with Crippen LogP contribution in [0.2, 0.25) is 0 Å². The molecule has 1 aromatic heterocycles. The predicted molar refractivity (Wildman–Crippen MR) is 68.8 cm³/mol. The molecular weight excluding hydrogens is 254 g/mol. The molecule has 7 heteroatoms. The Hall–Kier alpha value is -1.18. The van der Waals surface area contributed by atoms with Crippen molar-refractivity contribution in [3.63, 3.8) is 0 Å². The smallest absolute Gasteiger partial charge is 0.263 e. The number of rotatable bonds is 3. The van der Waals surface area contributed by atoms with Gasteiger partial charge in [-0.15, -0.1) is 0 Å². The van der Waals surface area contributed by atoms with Gasteiger partial charge in [-0.2, -0.15) is 0 Å². The van der Waals surface area contributed by atoms with Crippen LogP contribution >= 0.6 is 11.3 Å². The Morgan fingerprint density at radius 3 is 3.06 bits per heavy atom. The predicted octanol–water partition coefficient (Wildman–Crippen LogP) is 0.567. The fourth-order valence-electron chi connectivity index (χ4n) is 1.97. The van der Waals surface area contributed by atoms with Crippen LogP contribution in [0.5, 0.6) is 0 Å². The molecule has 1 amide bonds. The first-order chi connectivity index (χ1) is 8.61. The van der Waals surface area contributed by atoms with E-state index in [1.807, 2.05) is 0 Å². The van der Waals surface area contributed by atoms with Crippen LogP contribution in [0.4, 0.5) is 5.13 Å².